The fourth-order valence-corrected chi connectivity index (χ4v) is 3.09. The molecule has 0 saturated carbocycles. The van der Waals surface area contributed by atoms with Crippen LogP contribution in [0.2, 0.25) is 0 Å². The molecule has 27 heavy (non-hydrogen) atoms. The summed E-state index contributed by atoms with van der Waals surface area (Å²) in [6.45, 7) is 10.4. The quantitative estimate of drug-likeness (QED) is 0.374. The van der Waals surface area contributed by atoms with Crippen molar-refractivity contribution in [2.75, 3.05) is 11.9 Å². The van der Waals surface area contributed by atoms with E-state index in [1.165, 1.54) is 0 Å². The molecule has 1 aromatic rings. The molecule has 0 aliphatic rings. The third-order valence-electron chi connectivity index (χ3n) is 3.65. The fourth-order valence-electron chi connectivity index (χ4n) is 2.42. The lowest BCUT2D eigenvalue weighted by Crippen LogP contribution is -2.15. The monoisotopic (exact) mass is 394 g/mol. The van der Waals surface area contributed by atoms with Crippen LogP contribution in [0.1, 0.15) is 46.6 Å². The number of nitrogens with one attached hydrogen (secondary N) is 1. The summed E-state index contributed by atoms with van der Waals surface area (Å²) in [5.74, 6) is 0.570. The molecule has 5 N–H and O–H groups in total. The second-order valence-electron chi connectivity index (χ2n) is 6.89. The Morgan fingerprint density at radius 3 is 2.44 bits per heavy atom. The van der Waals surface area contributed by atoms with Crippen LogP contribution in [0.25, 0.3) is 0 Å². The predicted molar refractivity (Wildman–Crippen MR) is 113 cm³/mol. The Morgan fingerprint density at radius 1 is 1.26 bits per heavy atom. The Balaban J connectivity index is 2.98. The molecular weight excluding hydrogens is 363 g/mol. The molecule has 0 aromatic heterocycles. The minimum Gasteiger partial charge on any atom is -0.382 e. The van der Waals surface area contributed by atoms with Gasteiger partial charge in [-0.3, -0.25) is 9.56 Å². The highest BCUT2D eigenvalue weighted by molar-refractivity contribution is 7.50. The average molecular weight is 394 g/mol. The van der Waals surface area contributed by atoms with E-state index in [9.17, 15) is 4.57 Å². The number of aliphatic imine (C=N–C) groups is 2. The zero-order chi connectivity index (χ0) is 20.6. The van der Waals surface area contributed by atoms with Crippen LogP contribution in [0.5, 0.6) is 0 Å². The Labute approximate surface area is 161 Å². The first kappa shape index (κ1) is 23.1. The largest absolute Gasteiger partial charge is 0.382 e. The molecule has 150 valence electrons. The van der Waals surface area contributed by atoms with Crippen molar-refractivity contribution in [3.63, 3.8) is 0 Å². The molecule has 0 amide bonds. The number of anilines is 1. The summed E-state index contributed by atoms with van der Waals surface area (Å²) in [5, 5.41) is 3.26. The maximum Gasteiger partial charge on any atom is 0.329 e. The molecule has 0 atom stereocenters. The number of nitrogens with zero attached hydrogens (tertiary/aromatic N) is 2. The Hall–Kier alpha value is -1.95. The molecule has 0 unspecified atom stereocenters. The van der Waals surface area contributed by atoms with Crippen molar-refractivity contribution in [1.82, 2.24) is 0 Å². The lowest BCUT2D eigenvalue weighted by atomic mass is 10.1. The van der Waals surface area contributed by atoms with Crippen molar-refractivity contribution in [2.45, 2.75) is 47.2 Å². The van der Waals surface area contributed by atoms with Gasteiger partial charge in [-0.1, -0.05) is 32.9 Å². The van der Waals surface area contributed by atoms with Crippen LogP contribution in [0, 0.1) is 5.92 Å². The van der Waals surface area contributed by atoms with Gasteiger partial charge in [0.25, 0.3) is 0 Å². The van der Waals surface area contributed by atoms with Gasteiger partial charge in [-0.15, -0.1) is 0 Å². The first-order valence-electron chi connectivity index (χ1n) is 8.97. The predicted octanol–water partition coefficient (Wildman–Crippen LogP) is 3.89. The summed E-state index contributed by atoms with van der Waals surface area (Å²) in [4.78, 5) is 27.3. The Morgan fingerprint density at radius 2 is 1.93 bits per heavy atom. The van der Waals surface area contributed by atoms with Crippen LogP contribution in [0.3, 0.4) is 0 Å². The normalized spacial score (nSPS) is 13.4. The minimum atomic E-state index is -4.09. The van der Waals surface area contributed by atoms with Crippen molar-refractivity contribution < 1.29 is 14.4 Å². The van der Waals surface area contributed by atoms with Crippen molar-refractivity contribution >= 4 is 24.7 Å². The van der Waals surface area contributed by atoms with Crippen LogP contribution in [0.4, 0.5) is 5.69 Å². The van der Waals surface area contributed by atoms with Gasteiger partial charge >= 0.3 is 7.60 Å². The van der Waals surface area contributed by atoms with Crippen molar-refractivity contribution in [3.8, 4) is 0 Å². The third kappa shape index (κ3) is 9.00. The van der Waals surface area contributed by atoms with E-state index in [0.29, 0.717) is 17.9 Å². The molecule has 0 heterocycles. The molecule has 0 fully saturated rings. The van der Waals surface area contributed by atoms with E-state index in [2.05, 4.69) is 10.3 Å². The number of benzene rings is 1. The van der Waals surface area contributed by atoms with E-state index < -0.39 is 7.60 Å². The van der Waals surface area contributed by atoms with Gasteiger partial charge in [0, 0.05) is 17.1 Å². The van der Waals surface area contributed by atoms with Gasteiger partial charge in [0.15, 0.2) is 0 Å². The van der Waals surface area contributed by atoms with E-state index in [-0.39, 0.29) is 12.1 Å². The summed E-state index contributed by atoms with van der Waals surface area (Å²) in [6, 6.07) is 7.07. The summed E-state index contributed by atoms with van der Waals surface area (Å²) in [5.41, 5.74) is 10.0. The van der Waals surface area contributed by atoms with E-state index in [4.69, 9.17) is 20.5 Å². The molecular formula is C19H31N4O3P. The van der Waals surface area contributed by atoms with Crippen molar-refractivity contribution in [3.05, 3.63) is 41.3 Å². The number of allylic oxidation sites excluding steroid dienone is 1. The lowest BCUT2D eigenvalue weighted by Gasteiger charge is -2.13. The second-order valence-corrected chi connectivity index (χ2v) is 8.54. The minimum absolute atomic E-state index is 0.140. The first-order chi connectivity index (χ1) is 12.5. The summed E-state index contributed by atoms with van der Waals surface area (Å²) < 4.78 is 11.2. The van der Waals surface area contributed by atoms with E-state index in [1.54, 1.807) is 18.2 Å². The van der Waals surface area contributed by atoms with Gasteiger partial charge in [-0.25, -0.2) is 4.99 Å². The Kier molecular flexibility index (Phi) is 8.89. The summed E-state index contributed by atoms with van der Waals surface area (Å²) in [7, 11) is -4.09. The molecule has 1 aromatic carbocycles. The smallest absolute Gasteiger partial charge is 0.329 e. The van der Waals surface area contributed by atoms with Gasteiger partial charge in [-0.2, -0.15) is 0 Å². The highest BCUT2D eigenvalue weighted by atomic mass is 31.2. The zero-order valence-electron chi connectivity index (χ0n) is 16.7. The van der Waals surface area contributed by atoms with Crippen LogP contribution < -0.4 is 11.1 Å². The number of rotatable bonds is 9. The molecule has 0 saturated heterocycles. The molecule has 0 aliphatic carbocycles. The van der Waals surface area contributed by atoms with Crippen molar-refractivity contribution in [1.29, 1.82) is 0 Å². The third-order valence-corrected chi connectivity index (χ3v) is 4.43. The molecule has 0 aliphatic heterocycles. The second kappa shape index (κ2) is 10.4. The molecule has 8 heteroatoms. The lowest BCUT2D eigenvalue weighted by molar-refractivity contribution is 0.372. The number of nitrogens with two attached hydrogens (primary N) is 1. The molecule has 0 radical (unpaired) electrons. The van der Waals surface area contributed by atoms with Gasteiger partial charge in [-0.05, 0) is 43.9 Å². The van der Waals surface area contributed by atoms with Gasteiger partial charge in [0.1, 0.15) is 5.82 Å². The van der Waals surface area contributed by atoms with Crippen LogP contribution in [-0.4, -0.2) is 27.8 Å². The SMILES string of the molecule is CCC(CNc1cccc(CP(=O)(O)O)c1)=N/C(=C(\N)N=C(C)C)C(C)C. The number of hydrogen-bond donors (Lipinski definition) is 4. The highest BCUT2D eigenvalue weighted by Gasteiger charge is 2.14. The molecule has 0 spiro atoms. The maximum atomic E-state index is 11.2. The number of hydrogen-bond acceptors (Lipinski definition) is 5. The van der Waals surface area contributed by atoms with Crippen LogP contribution >= 0.6 is 7.60 Å². The standard InChI is InChI=1S/C19H31N4O3P/c1-6-16(23-18(13(2)3)19(20)22-14(4)5)11-21-17-9-7-8-15(10-17)12-27(24,25)26/h7-10,13,21H,6,11-12,20H2,1-5H3,(H2,24,25,26)/b19-18+,23-16?. The fraction of sp³-hybridized carbons (Fsp3) is 0.474. The van der Waals surface area contributed by atoms with Gasteiger partial charge in [0.05, 0.1) is 18.4 Å². The van der Waals surface area contributed by atoms with Crippen LogP contribution in [-0.2, 0) is 10.7 Å². The summed E-state index contributed by atoms with van der Waals surface area (Å²) >= 11 is 0. The van der Waals surface area contributed by atoms with Gasteiger partial charge < -0.3 is 20.8 Å². The van der Waals surface area contributed by atoms with E-state index in [0.717, 1.165) is 29.2 Å². The zero-order valence-corrected chi connectivity index (χ0v) is 17.6. The van der Waals surface area contributed by atoms with Crippen molar-refractivity contribution in [2.24, 2.45) is 21.6 Å². The highest BCUT2D eigenvalue weighted by Crippen LogP contribution is 2.39. The van der Waals surface area contributed by atoms with E-state index >= 15 is 0 Å². The maximum absolute atomic E-state index is 11.2. The Bertz CT molecular complexity index is 775. The molecule has 0 bridgehead atoms. The summed E-state index contributed by atoms with van der Waals surface area (Å²) in [6.07, 6.45) is 0.468. The van der Waals surface area contributed by atoms with Gasteiger partial charge in [0.2, 0.25) is 0 Å². The average Bonchev–Trinajstić information content (AvgIpc) is 2.52. The van der Waals surface area contributed by atoms with E-state index in [1.807, 2.05) is 40.7 Å². The first-order valence-corrected chi connectivity index (χ1v) is 10.8. The van der Waals surface area contributed by atoms with Crippen LogP contribution in [0.15, 0.2) is 45.8 Å². The molecule has 1 rings (SSSR count). The topological polar surface area (TPSA) is 120 Å². The molecule has 7 nitrogen and oxygen atoms in total.